The van der Waals surface area contributed by atoms with Gasteiger partial charge in [0.15, 0.2) is 0 Å². The molecule has 2 nitrogen and oxygen atoms in total. The second kappa shape index (κ2) is 7.57. The molecule has 1 N–H and O–H groups in total. The summed E-state index contributed by atoms with van der Waals surface area (Å²) in [4.78, 5) is 0. The van der Waals surface area contributed by atoms with Crippen LogP contribution in [0.15, 0.2) is 46.9 Å². The van der Waals surface area contributed by atoms with Crippen molar-refractivity contribution in [2.24, 2.45) is 0 Å². The van der Waals surface area contributed by atoms with E-state index in [9.17, 15) is 4.39 Å². The van der Waals surface area contributed by atoms with Gasteiger partial charge < -0.3 is 10.1 Å². The van der Waals surface area contributed by atoms with Gasteiger partial charge in [0, 0.05) is 15.6 Å². The van der Waals surface area contributed by atoms with Crippen LogP contribution in [-0.2, 0) is 0 Å². The van der Waals surface area contributed by atoms with Gasteiger partial charge in [0.25, 0.3) is 0 Å². The van der Waals surface area contributed by atoms with Gasteiger partial charge in [-0.15, -0.1) is 0 Å². The van der Waals surface area contributed by atoms with Crippen molar-refractivity contribution in [2.45, 2.75) is 19.4 Å². The fourth-order valence-electron chi connectivity index (χ4n) is 2.32. The first-order valence-corrected chi connectivity index (χ1v) is 7.78. The molecule has 0 heterocycles. The lowest BCUT2D eigenvalue weighted by atomic mass is 9.97. The number of methoxy groups -OCH3 is 1. The maximum Gasteiger partial charge on any atom is 0.129 e. The van der Waals surface area contributed by atoms with Gasteiger partial charge >= 0.3 is 0 Å². The van der Waals surface area contributed by atoms with Gasteiger partial charge in [-0.25, -0.2) is 4.39 Å². The molecular formula is C17H19BrFNO. The summed E-state index contributed by atoms with van der Waals surface area (Å²) in [5, 5.41) is 3.40. The van der Waals surface area contributed by atoms with Gasteiger partial charge in [0.2, 0.25) is 0 Å². The minimum absolute atomic E-state index is 0.228. The Kier molecular flexibility index (Phi) is 5.76. The maximum atomic E-state index is 14.3. The smallest absolute Gasteiger partial charge is 0.129 e. The average Bonchev–Trinajstić information content (AvgIpc) is 2.49. The zero-order valence-corrected chi connectivity index (χ0v) is 13.8. The van der Waals surface area contributed by atoms with Crippen molar-refractivity contribution < 1.29 is 9.13 Å². The van der Waals surface area contributed by atoms with E-state index in [1.54, 1.807) is 13.2 Å². The Hall–Kier alpha value is -1.39. The first kappa shape index (κ1) is 16.0. The molecule has 1 unspecified atom stereocenters. The number of rotatable bonds is 6. The summed E-state index contributed by atoms with van der Waals surface area (Å²) in [5.41, 5.74) is 1.56. The average molecular weight is 352 g/mol. The number of nitrogens with one attached hydrogen (secondary N) is 1. The first-order chi connectivity index (χ1) is 10.2. The summed E-state index contributed by atoms with van der Waals surface area (Å²) in [5.74, 6) is 0.525. The molecule has 0 saturated carbocycles. The molecule has 0 saturated heterocycles. The lowest BCUT2D eigenvalue weighted by molar-refractivity contribution is 0.402. The van der Waals surface area contributed by atoms with Gasteiger partial charge in [0.05, 0.1) is 13.2 Å². The zero-order valence-electron chi connectivity index (χ0n) is 12.2. The maximum absolute atomic E-state index is 14.3. The SMILES string of the molecule is CCCNC(c1ccc(Br)cc1F)c1ccccc1OC. The first-order valence-electron chi connectivity index (χ1n) is 6.98. The summed E-state index contributed by atoms with van der Waals surface area (Å²) in [6, 6.07) is 12.6. The van der Waals surface area contributed by atoms with E-state index in [0.717, 1.165) is 28.8 Å². The van der Waals surface area contributed by atoms with E-state index in [1.807, 2.05) is 30.3 Å². The van der Waals surface area contributed by atoms with Crippen LogP contribution in [0.1, 0.15) is 30.5 Å². The van der Waals surface area contributed by atoms with E-state index in [1.165, 1.54) is 6.07 Å². The molecule has 0 aliphatic carbocycles. The van der Waals surface area contributed by atoms with Crippen molar-refractivity contribution in [1.29, 1.82) is 0 Å². The number of hydrogen-bond donors (Lipinski definition) is 1. The molecule has 0 bridgehead atoms. The highest BCUT2D eigenvalue weighted by Gasteiger charge is 2.20. The molecule has 2 rings (SSSR count). The zero-order chi connectivity index (χ0) is 15.2. The largest absolute Gasteiger partial charge is 0.496 e. The number of para-hydroxylation sites is 1. The molecule has 4 heteroatoms. The molecule has 2 aromatic rings. The molecule has 0 aliphatic rings. The quantitative estimate of drug-likeness (QED) is 0.815. The second-order valence-corrected chi connectivity index (χ2v) is 5.71. The highest BCUT2D eigenvalue weighted by molar-refractivity contribution is 9.10. The standard InChI is InChI=1S/C17H19BrFNO/c1-3-10-20-17(13-9-8-12(18)11-15(13)19)14-6-4-5-7-16(14)21-2/h4-9,11,17,20H,3,10H2,1-2H3. The van der Waals surface area contributed by atoms with E-state index in [-0.39, 0.29) is 11.9 Å². The Morgan fingerprint density at radius 1 is 1.19 bits per heavy atom. The molecule has 2 aromatic carbocycles. The Morgan fingerprint density at radius 3 is 2.62 bits per heavy atom. The molecule has 21 heavy (non-hydrogen) atoms. The second-order valence-electron chi connectivity index (χ2n) is 4.79. The third kappa shape index (κ3) is 3.83. The van der Waals surface area contributed by atoms with Crippen LogP contribution < -0.4 is 10.1 Å². The van der Waals surface area contributed by atoms with Crippen LogP contribution in [0.5, 0.6) is 5.75 Å². The van der Waals surface area contributed by atoms with Crippen LogP contribution in [0.25, 0.3) is 0 Å². The topological polar surface area (TPSA) is 21.3 Å². The molecule has 0 fully saturated rings. The van der Waals surface area contributed by atoms with Gasteiger partial charge in [-0.2, -0.15) is 0 Å². The minimum Gasteiger partial charge on any atom is -0.496 e. The van der Waals surface area contributed by atoms with Crippen molar-refractivity contribution in [2.75, 3.05) is 13.7 Å². The fraction of sp³-hybridized carbons (Fsp3) is 0.294. The van der Waals surface area contributed by atoms with Crippen molar-refractivity contribution in [1.82, 2.24) is 5.32 Å². The van der Waals surface area contributed by atoms with Gasteiger partial charge in [0.1, 0.15) is 11.6 Å². The van der Waals surface area contributed by atoms with Gasteiger partial charge in [-0.1, -0.05) is 47.1 Å². The van der Waals surface area contributed by atoms with Crippen molar-refractivity contribution in [3.8, 4) is 5.75 Å². The summed E-state index contributed by atoms with van der Waals surface area (Å²) >= 11 is 3.30. The van der Waals surface area contributed by atoms with Crippen LogP contribution in [0, 0.1) is 5.82 Å². The van der Waals surface area contributed by atoms with E-state index in [4.69, 9.17) is 4.74 Å². The van der Waals surface area contributed by atoms with Crippen molar-refractivity contribution in [3.05, 3.63) is 63.9 Å². The molecule has 0 aromatic heterocycles. The highest BCUT2D eigenvalue weighted by atomic mass is 79.9. The van der Waals surface area contributed by atoms with Gasteiger partial charge in [-0.3, -0.25) is 0 Å². The number of benzene rings is 2. The Bertz CT molecular complexity index is 603. The molecule has 112 valence electrons. The highest BCUT2D eigenvalue weighted by Crippen LogP contribution is 2.32. The molecule has 1 atom stereocenters. The predicted molar refractivity (Wildman–Crippen MR) is 87.2 cm³/mol. The summed E-state index contributed by atoms with van der Waals surface area (Å²) < 4.78 is 20.5. The Labute approximate surface area is 133 Å². The van der Waals surface area contributed by atoms with Crippen molar-refractivity contribution >= 4 is 15.9 Å². The van der Waals surface area contributed by atoms with Crippen LogP contribution in [0.4, 0.5) is 4.39 Å². The van der Waals surface area contributed by atoms with Crippen LogP contribution in [0.2, 0.25) is 0 Å². The van der Waals surface area contributed by atoms with Gasteiger partial charge in [-0.05, 0) is 31.2 Å². The van der Waals surface area contributed by atoms with Crippen LogP contribution >= 0.6 is 15.9 Å². The molecular weight excluding hydrogens is 333 g/mol. The van der Waals surface area contributed by atoms with E-state index >= 15 is 0 Å². The number of hydrogen-bond acceptors (Lipinski definition) is 2. The van der Waals surface area contributed by atoms with Crippen LogP contribution in [-0.4, -0.2) is 13.7 Å². The van der Waals surface area contributed by atoms with E-state index < -0.39 is 0 Å². The summed E-state index contributed by atoms with van der Waals surface area (Å²) in [6.45, 7) is 2.89. The molecule has 0 amide bonds. The Morgan fingerprint density at radius 2 is 1.95 bits per heavy atom. The number of ether oxygens (including phenoxy) is 1. The predicted octanol–water partition coefficient (Wildman–Crippen LogP) is 4.69. The molecule has 0 aliphatic heterocycles. The lowest BCUT2D eigenvalue weighted by Gasteiger charge is -2.22. The summed E-state index contributed by atoms with van der Waals surface area (Å²) in [7, 11) is 1.63. The Balaban J connectivity index is 2.47. The van der Waals surface area contributed by atoms with Crippen LogP contribution in [0.3, 0.4) is 0 Å². The number of halogens is 2. The minimum atomic E-state index is -0.233. The van der Waals surface area contributed by atoms with E-state index in [2.05, 4.69) is 28.2 Å². The lowest BCUT2D eigenvalue weighted by Crippen LogP contribution is -2.24. The molecule has 0 radical (unpaired) electrons. The third-order valence-corrected chi connectivity index (χ3v) is 3.82. The van der Waals surface area contributed by atoms with E-state index in [0.29, 0.717) is 5.56 Å². The summed E-state index contributed by atoms with van der Waals surface area (Å²) in [6.07, 6.45) is 0.976. The van der Waals surface area contributed by atoms with Crippen molar-refractivity contribution in [3.63, 3.8) is 0 Å². The third-order valence-electron chi connectivity index (χ3n) is 3.32. The molecule has 0 spiro atoms. The normalized spacial score (nSPS) is 12.2. The monoisotopic (exact) mass is 351 g/mol. The fourth-order valence-corrected chi connectivity index (χ4v) is 2.65.